The summed E-state index contributed by atoms with van der Waals surface area (Å²) in [4.78, 5) is 9.09. The number of hydrogen-bond donors (Lipinski definition) is 3. The molecule has 0 aliphatic carbocycles. The summed E-state index contributed by atoms with van der Waals surface area (Å²) in [5.74, 6) is 1.41. The molecule has 1 heterocycles. The van der Waals surface area contributed by atoms with E-state index in [1.54, 1.807) is 0 Å². The van der Waals surface area contributed by atoms with Crippen LogP contribution in [-0.4, -0.2) is 47.5 Å². The Morgan fingerprint density at radius 1 is 1.09 bits per heavy atom. The molecule has 6 nitrogen and oxygen atoms in total. The maximum absolute atomic E-state index is 8.92. The van der Waals surface area contributed by atoms with Gasteiger partial charge in [-0.3, -0.25) is 0 Å². The van der Waals surface area contributed by atoms with Crippen LogP contribution in [0, 0.1) is 0 Å². The number of hydrogen-bond acceptors (Lipinski definition) is 6. The lowest BCUT2D eigenvalue weighted by atomic mass is 10.2. The average molecular weight is 318 g/mol. The number of anilines is 2. The van der Waals surface area contributed by atoms with E-state index in [1.807, 2.05) is 38.1 Å². The number of benzene rings is 1. The molecule has 0 aliphatic heterocycles. The Balaban J connectivity index is 2.01. The number of nitrogens with one attached hydrogen (secondary N) is 2. The summed E-state index contributed by atoms with van der Waals surface area (Å²) in [7, 11) is 0. The van der Waals surface area contributed by atoms with Crippen LogP contribution >= 0.6 is 0 Å². The lowest BCUT2D eigenvalue weighted by Crippen LogP contribution is -2.12. The number of aliphatic hydroxyl groups excluding tert-OH is 1. The van der Waals surface area contributed by atoms with E-state index in [2.05, 4.69) is 20.6 Å². The number of nitrogens with zero attached hydrogens (tertiary/aromatic N) is 2. The van der Waals surface area contributed by atoms with E-state index in [0.29, 0.717) is 18.9 Å². The Hall–Kier alpha value is -1.92. The molecule has 23 heavy (non-hydrogen) atoms. The molecule has 2 rings (SSSR count). The Kier molecular flexibility index (Phi) is 7.03. The van der Waals surface area contributed by atoms with E-state index < -0.39 is 0 Å². The first kappa shape index (κ1) is 17.4. The standard InChI is InChI=1S/C17H26N4O2/c1-13(2)23-12-6-10-19-17-20-15-8-4-3-7-14(15)16(21-17)18-9-5-11-22/h3-4,7-8,13,22H,5-6,9-12H2,1-2H3,(H2,18,19,20,21). The van der Waals surface area contributed by atoms with Crippen molar-refractivity contribution in [3.63, 3.8) is 0 Å². The van der Waals surface area contributed by atoms with Gasteiger partial charge in [0.25, 0.3) is 0 Å². The molecule has 0 spiro atoms. The minimum atomic E-state index is 0.164. The number of para-hydroxylation sites is 1. The third-order valence-corrected chi connectivity index (χ3v) is 3.29. The van der Waals surface area contributed by atoms with E-state index >= 15 is 0 Å². The van der Waals surface area contributed by atoms with Crippen molar-refractivity contribution in [2.75, 3.05) is 36.9 Å². The second-order valence-corrected chi connectivity index (χ2v) is 5.62. The Bertz CT molecular complexity index is 604. The van der Waals surface area contributed by atoms with E-state index in [9.17, 15) is 0 Å². The fourth-order valence-electron chi connectivity index (χ4n) is 2.17. The Morgan fingerprint density at radius 3 is 2.65 bits per heavy atom. The maximum atomic E-state index is 8.92. The van der Waals surface area contributed by atoms with Crippen molar-refractivity contribution < 1.29 is 9.84 Å². The molecular formula is C17H26N4O2. The van der Waals surface area contributed by atoms with E-state index in [1.165, 1.54) is 0 Å². The average Bonchev–Trinajstić information content (AvgIpc) is 2.54. The molecule has 0 radical (unpaired) electrons. The summed E-state index contributed by atoms with van der Waals surface area (Å²) in [6, 6.07) is 7.91. The van der Waals surface area contributed by atoms with E-state index in [4.69, 9.17) is 9.84 Å². The van der Waals surface area contributed by atoms with Gasteiger partial charge in [-0.1, -0.05) is 12.1 Å². The first-order chi connectivity index (χ1) is 11.2. The normalized spacial score (nSPS) is 11.1. The van der Waals surface area contributed by atoms with Gasteiger partial charge in [0.15, 0.2) is 0 Å². The molecule has 0 bridgehead atoms. The van der Waals surface area contributed by atoms with E-state index in [0.717, 1.165) is 36.3 Å². The number of ether oxygens (including phenoxy) is 1. The highest BCUT2D eigenvalue weighted by Gasteiger charge is 2.06. The zero-order valence-corrected chi connectivity index (χ0v) is 13.9. The highest BCUT2D eigenvalue weighted by molar-refractivity contribution is 5.89. The van der Waals surface area contributed by atoms with E-state index in [-0.39, 0.29) is 12.7 Å². The van der Waals surface area contributed by atoms with Crippen LogP contribution in [0.25, 0.3) is 10.9 Å². The van der Waals surface area contributed by atoms with Crippen molar-refractivity contribution in [1.29, 1.82) is 0 Å². The van der Waals surface area contributed by atoms with Crippen molar-refractivity contribution in [3.05, 3.63) is 24.3 Å². The van der Waals surface area contributed by atoms with Crippen LogP contribution in [0.5, 0.6) is 0 Å². The fraction of sp³-hybridized carbons (Fsp3) is 0.529. The summed E-state index contributed by atoms with van der Waals surface area (Å²) >= 11 is 0. The first-order valence-corrected chi connectivity index (χ1v) is 8.17. The first-order valence-electron chi connectivity index (χ1n) is 8.17. The molecule has 0 saturated heterocycles. The number of fused-ring (bicyclic) bond motifs is 1. The topological polar surface area (TPSA) is 79.3 Å². The molecule has 0 unspecified atom stereocenters. The number of aromatic nitrogens is 2. The van der Waals surface area contributed by atoms with Crippen LogP contribution in [0.2, 0.25) is 0 Å². The molecule has 2 aromatic rings. The summed E-state index contributed by atoms with van der Waals surface area (Å²) < 4.78 is 5.52. The molecule has 1 aromatic heterocycles. The molecule has 0 atom stereocenters. The van der Waals surface area contributed by atoms with Gasteiger partial charge < -0.3 is 20.5 Å². The van der Waals surface area contributed by atoms with Gasteiger partial charge >= 0.3 is 0 Å². The predicted octanol–water partition coefficient (Wildman–Crippen LogP) is 2.65. The zero-order valence-electron chi connectivity index (χ0n) is 13.9. The van der Waals surface area contributed by atoms with Crippen LogP contribution in [0.15, 0.2) is 24.3 Å². The molecule has 0 aliphatic rings. The summed E-state index contributed by atoms with van der Waals surface area (Å²) in [5.41, 5.74) is 0.898. The van der Waals surface area contributed by atoms with Crippen LogP contribution in [0.3, 0.4) is 0 Å². The van der Waals surface area contributed by atoms with Gasteiger partial charge in [-0.15, -0.1) is 0 Å². The minimum Gasteiger partial charge on any atom is -0.396 e. The molecule has 0 saturated carbocycles. The molecular weight excluding hydrogens is 292 g/mol. The second kappa shape index (κ2) is 9.27. The molecule has 3 N–H and O–H groups in total. The number of aliphatic hydroxyl groups is 1. The van der Waals surface area contributed by atoms with Gasteiger partial charge in [0.05, 0.1) is 11.6 Å². The van der Waals surface area contributed by atoms with Gasteiger partial charge in [-0.2, -0.15) is 4.98 Å². The van der Waals surface area contributed by atoms with Crippen molar-refractivity contribution in [3.8, 4) is 0 Å². The predicted molar refractivity (Wildman–Crippen MR) is 93.9 cm³/mol. The van der Waals surface area contributed by atoms with Crippen molar-refractivity contribution in [2.24, 2.45) is 0 Å². The van der Waals surface area contributed by atoms with Gasteiger partial charge in [-0.25, -0.2) is 4.98 Å². The van der Waals surface area contributed by atoms with Crippen molar-refractivity contribution in [2.45, 2.75) is 32.8 Å². The monoisotopic (exact) mass is 318 g/mol. The maximum Gasteiger partial charge on any atom is 0.225 e. The van der Waals surface area contributed by atoms with Crippen molar-refractivity contribution >= 4 is 22.7 Å². The smallest absolute Gasteiger partial charge is 0.225 e. The van der Waals surface area contributed by atoms with Gasteiger partial charge in [0, 0.05) is 31.7 Å². The lowest BCUT2D eigenvalue weighted by molar-refractivity contribution is 0.0787. The van der Waals surface area contributed by atoms with Crippen LogP contribution in [0.1, 0.15) is 26.7 Å². The SMILES string of the molecule is CC(C)OCCCNc1nc(NCCCO)c2ccccc2n1. The quantitative estimate of drug-likeness (QED) is 0.585. The summed E-state index contributed by atoms with van der Waals surface area (Å²) in [5, 5.41) is 16.4. The highest BCUT2D eigenvalue weighted by Crippen LogP contribution is 2.21. The zero-order chi connectivity index (χ0) is 16.5. The highest BCUT2D eigenvalue weighted by atomic mass is 16.5. The molecule has 0 fully saturated rings. The lowest BCUT2D eigenvalue weighted by Gasteiger charge is -2.12. The molecule has 0 amide bonds. The minimum absolute atomic E-state index is 0.164. The van der Waals surface area contributed by atoms with Crippen LogP contribution in [0.4, 0.5) is 11.8 Å². The second-order valence-electron chi connectivity index (χ2n) is 5.62. The van der Waals surface area contributed by atoms with Gasteiger partial charge in [0.2, 0.25) is 5.95 Å². The van der Waals surface area contributed by atoms with Gasteiger partial charge in [-0.05, 0) is 38.8 Å². The van der Waals surface area contributed by atoms with Crippen LogP contribution in [-0.2, 0) is 4.74 Å². The van der Waals surface area contributed by atoms with Crippen LogP contribution < -0.4 is 10.6 Å². The fourth-order valence-corrected chi connectivity index (χ4v) is 2.17. The summed E-state index contributed by atoms with van der Waals surface area (Å²) in [6.45, 7) is 6.39. The van der Waals surface area contributed by atoms with Crippen molar-refractivity contribution in [1.82, 2.24) is 9.97 Å². The third kappa shape index (κ3) is 5.65. The largest absolute Gasteiger partial charge is 0.396 e. The Morgan fingerprint density at radius 2 is 1.87 bits per heavy atom. The Labute approximate surface area is 137 Å². The molecule has 6 heteroatoms. The number of rotatable bonds is 10. The molecule has 1 aromatic carbocycles. The third-order valence-electron chi connectivity index (χ3n) is 3.29. The molecule has 126 valence electrons. The van der Waals surface area contributed by atoms with Gasteiger partial charge in [0.1, 0.15) is 5.82 Å². The summed E-state index contributed by atoms with van der Waals surface area (Å²) in [6.07, 6.45) is 1.85.